The maximum absolute atomic E-state index is 12.1. The highest BCUT2D eigenvalue weighted by atomic mass is 16.7. The minimum absolute atomic E-state index is 0.0299. The molecule has 1 N–H and O–H groups in total. The second-order valence-electron chi connectivity index (χ2n) is 12.5. The first-order valence-electron chi connectivity index (χ1n) is 18.3. The van der Waals surface area contributed by atoms with Gasteiger partial charge in [-0.15, -0.1) is 0 Å². The van der Waals surface area contributed by atoms with E-state index in [0.29, 0.717) is 26.1 Å². The number of aromatic hydroxyl groups is 1. The van der Waals surface area contributed by atoms with E-state index in [9.17, 15) is 14.7 Å². The first-order chi connectivity index (χ1) is 25.4. The molecule has 1 aliphatic rings. The number of hydrogen-bond donors (Lipinski definition) is 1. The van der Waals surface area contributed by atoms with Crippen LogP contribution in [0.3, 0.4) is 0 Å². The first-order valence-corrected chi connectivity index (χ1v) is 18.3. The molecule has 0 saturated carbocycles. The zero-order chi connectivity index (χ0) is 36.8. The summed E-state index contributed by atoms with van der Waals surface area (Å²) in [5.41, 5.74) is 4.53. The van der Waals surface area contributed by atoms with Gasteiger partial charge in [-0.3, -0.25) is 9.59 Å². The predicted molar refractivity (Wildman–Crippen MR) is 205 cm³/mol. The van der Waals surface area contributed by atoms with Gasteiger partial charge in [-0.25, -0.2) is 0 Å². The average molecular weight is 705 g/mol. The summed E-state index contributed by atoms with van der Waals surface area (Å²) in [7, 11) is 0. The molecule has 3 atom stereocenters. The van der Waals surface area contributed by atoms with Crippen molar-refractivity contribution in [3.05, 3.63) is 156 Å². The number of ether oxygens (including phenoxy) is 4. The van der Waals surface area contributed by atoms with Gasteiger partial charge in [0.05, 0.1) is 32.7 Å². The number of hydrogen-bond acceptors (Lipinski definition) is 7. The molecule has 1 aliphatic heterocycles. The van der Waals surface area contributed by atoms with Crippen molar-refractivity contribution in [2.45, 2.75) is 76.9 Å². The minimum Gasteiger partial charge on any atom is -0.508 e. The quantitative estimate of drug-likeness (QED) is 0.0918. The third kappa shape index (κ3) is 14.6. The third-order valence-corrected chi connectivity index (χ3v) is 8.55. The molecule has 1 saturated heterocycles. The Labute approximate surface area is 308 Å². The smallest absolute Gasteiger partial charge is 0.306 e. The Kier molecular flexibility index (Phi) is 17.3. The predicted octanol–water partition coefficient (Wildman–Crippen LogP) is 9.66. The van der Waals surface area contributed by atoms with Crippen molar-refractivity contribution < 1.29 is 33.6 Å². The number of carbonyl (C=O) groups excluding carboxylic acids is 2. The van der Waals surface area contributed by atoms with Gasteiger partial charge in [0.15, 0.2) is 6.29 Å². The molecule has 7 heteroatoms. The number of rotatable bonds is 16. The lowest BCUT2D eigenvalue weighted by Gasteiger charge is -2.23. The number of allylic oxidation sites excluding steroid dienone is 4. The molecule has 274 valence electrons. The molecule has 0 radical (unpaired) electrons. The van der Waals surface area contributed by atoms with Crippen molar-refractivity contribution in [2.24, 2.45) is 0 Å². The Balaban J connectivity index is 0.000000239. The van der Waals surface area contributed by atoms with Crippen LogP contribution < -0.4 is 4.74 Å². The van der Waals surface area contributed by atoms with Crippen LogP contribution in [0.15, 0.2) is 133 Å². The van der Waals surface area contributed by atoms with Gasteiger partial charge in [0.1, 0.15) is 11.5 Å². The molecule has 52 heavy (non-hydrogen) atoms. The maximum Gasteiger partial charge on any atom is 0.306 e. The highest BCUT2D eigenvalue weighted by Gasteiger charge is 2.18. The van der Waals surface area contributed by atoms with E-state index < -0.39 is 0 Å². The summed E-state index contributed by atoms with van der Waals surface area (Å²) < 4.78 is 21.8. The van der Waals surface area contributed by atoms with Crippen LogP contribution in [0.5, 0.6) is 11.5 Å². The van der Waals surface area contributed by atoms with Gasteiger partial charge in [0.2, 0.25) is 0 Å². The molecule has 0 aliphatic carbocycles. The van der Waals surface area contributed by atoms with Crippen LogP contribution in [-0.4, -0.2) is 43.2 Å². The summed E-state index contributed by atoms with van der Waals surface area (Å²) in [6.45, 7) is 5.18. The Hall–Kier alpha value is -5.14. The van der Waals surface area contributed by atoms with Gasteiger partial charge in [-0.1, -0.05) is 109 Å². The van der Waals surface area contributed by atoms with Crippen molar-refractivity contribution in [1.29, 1.82) is 0 Å². The van der Waals surface area contributed by atoms with Gasteiger partial charge < -0.3 is 24.1 Å². The Bertz CT molecular complexity index is 1640. The molecular weight excluding hydrogens is 652 g/mol. The van der Waals surface area contributed by atoms with E-state index in [1.54, 1.807) is 19.1 Å². The molecule has 0 spiro atoms. The SMILES string of the molecule is CCOC(=O)C[C@@H](/C=C/Cc1ccccc1)c1ccc(O)cc1.CCOC(=O)C[C@@H](/C=C/Cc1ccccc1)c1ccc(OC2CCCCO2)cc1. The normalized spacial score (nSPS) is 15.3. The molecular formula is C45H52O7. The summed E-state index contributed by atoms with van der Waals surface area (Å²) in [6, 6.07) is 35.4. The van der Waals surface area contributed by atoms with Crippen molar-refractivity contribution in [3.63, 3.8) is 0 Å². The van der Waals surface area contributed by atoms with E-state index in [1.165, 1.54) is 11.1 Å². The number of phenols is 1. The van der Waals surface area contributed by atoms with Gasteiger partial charge in [-0.05, 0) is 86.1 Å². The van der Waals surface area contributed by atoms with E-state index in [1.807, 2.05) is 85.8 Å². The number of esters is 2. The highest BCUT2D eigenvalue weighted by Crippen LogP contribution is 2.27. The molecule has 1 unspecified atom stereocenters. The Morgan fingerprint density at radius 1 is 0.692 bits per heavy atom. The van der Waals surface area contributed by atoms with Crippen molar-refractivity contribution in [3.8, 4) is 11.5 Å². The fourth-order valence-electron chi connectivity index (χ4n) is 5.83. The number of phenolic OH excluding ortho intramolecular Hbond substituents is 1. The molecule has 0 bridgehead atoms. The fraction of sp³-hybridized carbons (Fsp3) is 0.333. The van der Waals surface area contributed by atoms with Gasteiger partial charge >= 0.3 is 11.9 Å². The number of benzene rings is 4. The lowest BCUT2D eigenvalue weighted by atomic mass is 9.94. The third-order valence-electron chi connectivity index (χ3n) is 8.55. The van der Waals surface area contributed by atoms with Crippen LogP contribution >= 0.6 is 0 Å². The van der Waals surface area contributed by atoms with Crippen molar-refractivity contribution in [2.75, 3.05) is 19.8 Å². The fourth-order valence-corrected chi connectivity index (χ4v) is 5.83. The van der Waals surface area contributed by atoms with Crippen LogP contribution in [0.25, 0.3) is 0 Å². The summed E-state index contributed by atoms with van der Waals surface area (Å²) in [4.78, 5) is 23.9. The van der Waals surface area contributed by atoms with Crippen molar-refractivity contribution >= 4 is 11.9 Å². The second kappa shape index (κ2) is 22.6. The van der Waals surface area contributed by atoms with Gasteiger partial charge in [-0.2, -0.15) is 0 Å². The molecule has 1 fully saturated rings. The van der Waals surface area contributed by atoms with Crippen LogP contribution in [0.2, 0.25) is 0 Å². The van der Waals surface area contributed by atoms with Gasteiger partial charge in [0.25, 0.3) is 0 Å². The molecule has 7 nitrogen and oxygen atoms in total. The van der Waals surface area contributed by atoms with Crippen LogP contribution in [-0.2, 0) is 36.6 Å². The summed E-state index contributed by atoms with van der Waals surface area (Å²) in [6.07, 6.45) is 13.6. The van der Waals surface area contributed by atoms with E-state index in [2.05, 4.69) is 42.5 Å². The Morgan fingerprint density at radius 3 is 1.62 bits per heavy atom. The van der Waals surface area contributed by atoms with Crippen LogP contribution in [0, 0.1) is 0 Å². The lowest BCUT2D eigenvalue weighted by molar-refractivity contribution is -0.144. The first kappa shape index (κ1) is 39.6. The van der Waals surface area contributed by atoms with E-state index in [4.69, 9.17) is 18.9 Å². The monoisotopic (exact) mass is 704 g/mol. The lowest BCUT2D eigenvalue weighted by Crippen LogP contribution is -2.24. The average Bonchev–Trinajstić information content (AvgIpc) is 3.16. The maximum atomic E-state index is 12.1. The molecule has 0 aromatic heterocycles. The molecule has 4 aromatic rings. The summed E-state index contributed by atoms with van der Waals surface area (Å²) >= 11 is 0. The molecule has 1 heterocycles. The van der Waals surface area contributed by atoms with Crippen LogP contribution in [0.4, 0.5) is 0 Å². The molecule has 5 rings (SSSR count). The topological polar surface area (TPSA) is 91.3 Å². The zero-order valence-electron chi connectivity index (χ0n) is 30.4. The highest BCUT2D eigenvalue weighted by molar-refractivity contribution is 5.71. The second-order valence-corrected chi connectivity index (χ2v) is 12.5. The zero-order valence-corrected chi connectivity index (χ0v) is 30.4. The molecule has 0 amide bonds. The molecule has 4 aromatic carbocycles. The minimum atomic E-state index is -0.213. The van der Waals surface area contributed by atoms with Crippen LogP contribution in [0.1, 0.15) is 80.0 Å². The Morgan fingerprint density at radius 2 is 1.17 bits per heavy atom. The summed E-state index contributed by atoms with van der Waals surface area (Å²) in [5, 5.41) is 9.42. The van der Waals surface area contributed by atoms with E-state index >= 15 is 0 Å². The standard InChI is InChI=1S/C25H30O4.C20H22O3/c1-2-27-24(26)19-22(12-8-11-20-9-4-3-5-10-20)21-14-16-23(17-15-21)29-25-13-6-7-18-28-25;1-2-23-20(22)15-18(17-11-13-19(21)14-12-17)10-6-9-16-7-4-3-5-8-16/h3-5,8-10,12,14-17,22,25H,2,6-7,11,13,18-19H2,1H3;3-8,10-14,18,21H,2,9,15H2,1H3/b12-8+;10-6+/t22-,25?;18-/m11/s1. The summed E-state index contributed by atoms with van der Waals surface area (Å²) in [5.74, 6) is 0.532. The van der Waals surface area contributed by atoms with Gasteiger partial charge in [0, 0.05) is 18.3 Å². The van der Waals surface area contributed by atoms with E-state index in [-0.39, 0.29) is 35.8 Å². The largest absolute Gasteiger partial charge is 0.508 e. The van der Waals surface area contributed by atoms with E-state index in [0.717, 1.165) is 55.6 Å². The number of carbonyl (C=O) groups is 2. The van der Waals surface area contributed by atoms with Crippen molar-refractivity contribution in [1.82, 2.24) is 0 Å².